The van der Waals surface area contributed by atoms with Crippen molar-refractivity contribution in [3.05, 3.63) is 53.3 Å². The number of piperazine rings is 1. The Morgan fingerprint density at radius 1 is 0.804 bits per heavy atom. The van der Waals surface area contributed by atoms with Gasteiger partial charge in [0, 0.05) is 70.3 Å². The van der Waals surface area contributed by atoms with Crippen molar-refractivity contribution in [1.29, 1.82) is 0 Å². The van der Waals surface area contributed by atoms with Crippen molar-refractivity contribution in [2.45, 2.75) is 83.8 Å². The molecule has 3 heterocycles. The number of amides is 1. The minimum Gasteiger partial charge on any atom is -0.490 e. The van der Waals surface area contributed by atoms with Crippen LogP contribution >= 0.6 is 24.8 Å². The van der Waals surface area contributed by atoms with Crippen LogP contribution in [0.15, 0.2) is 36.4 Å². The van der Waals surface area contributed by atoms with E-state index in [1.165, 1.54) is 24.5 Å². The second-order valence-electron chi connectivity index (χ2n) is 14.4. The van der Waals surface area contributed by atoms with Gasteiger partial charge in [0.15, 0.2) is 0 Å². The Morgan fingerprint density at radius 2 is 1.52 bits per heavy atom. The van der Waals surface area contributed by atoms with Crippen LogP contribution in [0.1, 0.15) is 87.6 Å². The van der Waals surface area contributed by atoms with E-state index in [0.29, 0.717) is 35.9 Å². The number of carbonyl (C=O) groups excluding carboxylic acids is 1. The van der Waals surface area contributed by atoms with Crippen molar-refractivity contribution in [2.24, 2.45) is 11.3 Å². The molecule has 1 aliphatic carbocycles. The van der Waals surface area contributed by atoms with E-state index in [1.54, 1.807) is 6.07 Å². The van der Waals surface area contributed by atoms with Gasteiger partial charge in [-0.15, -0.1) is 24.8 Å². The highest BCUT2D eigenvalue weighted by atomic mass is 35.5. The molecule has 1 amide bonds. The number of benzene rings is 2. The normalized spacial score (nSPS) is 24.1. The average molecular weight is 680 g/mol. The van der Waals surface area contributed by atoms with E-state index in [0.717, 1.165) is 88.6 Å². The minimum absolute atomic E-state index is 0. The van der Waals surface area contributed by atoms with Gasteiger partial charge in [0.2, 0.25) is 0 Å². The third-order valence-electron chi connectivity index (χ3n) is 10.4. The first-order chi connectivity index (χ1) is 21.2. The lowest BCUT2D eigenvalue weighted by molar-refractivity contribution is 0.0595. The van der Waals surface area contributed by atoms with E-state index < -0.39 is 0 Å². The molecule has 6 rings (SSSR count). The van der Waals surface area contributed by atoms with Crippen LogP contribution in [0.2, 0.25) is 0 Å². The highest BCUT2D eigenvalue weighted by Gasteiger charge is 2.33. The molecular formula is C36H53Cl2FN4O3. The Labute approximate surface area is 287 Å². The van der Waals surface area contributed by atoms with Crippen LogP contribution in [-0.2, 0) is 0 Å². The summed E-state index contributed by atoms with van der Waals surface area (Å²) in [5.41, 5.74) is 2.91. The molecule has 0 unspecified atom stereocenters. The fourth-order valence-corrected chi connectivity index (χ4v) is 7.55. The molecule has 10 heteroatoms. The Balaban J connectivity index is 0.00000240. The molecular weight excluding hydrogens is 626 g/mol. The summed E-state index contributed by atoms with van der Waals surface area (Å²) in [6.07, 6.45) is 7.44. The predicted octanol–water partition coefficient (Wildman–Crippen LogP) is 6.82. The van der Waals surface area contributed by atoms with Gasteiger partial charge in [-0.05, 0) is 91.8 Å². The second-order valence-corrected chi connectivity index (χ2v) is 14.4. The fourth-order valence-electron chi connectivity index (χ4n) is 7.55. The number of likely N-dealkylation sites (tertiary alicyclic amines) is 1. The van der Waals surface area contributed by atoms with E-state index in [9.17, 15) is 9.18 Å². The molecule has 2 aromatic carbocycles. The maximum atomic E-state index is 14.6. The number of ether oxygens (including phenoxy) is 2. The first-order valence-electron chi connectivity index (χ1n) is 17.0. The van der Waals surface area contributed by atoms with Gasteiger partial charge in [-0.2, -0.15) is 0 Å². The number of rotatable bonds is 7. The molecule has 256 valence electrons. The minimum atomic E-state index is -0.211. The second kappa shape index (κ2) is 16.2. The van der Waals surface area contributed by atoms with Gasteiger partial charge >= 0.3 is 0 Å². The predicted molar refractivity (Wildman–Crippen MR) is 188 cm³/mol. The van der Waals surface area contributed by atoms with Gasteiger partial charge < -0.3 is 29.9 Å². The van der Waals surface area contributed by atoms with Crippen molar-refractivity contribution in [2.75, 3.05) is 57.3 Å². The summed E-state index contributed by atoms with van der Waals surface area (Å²) in [6.45, 7) is 13.5. The number of piperidine rings is 1. The lowest BCUT2D eigenvalue weighted by Crippen LogP contribution is -2.44. The molecule has 2 aromatic rings. The summed E-state index contributed by atoms with van der Waals surface area (Å²) in [5, 5.41) is 6.72. The molecule has 0 radical (unpaired) electrons. The maximum Gasteiger partial charge on any atom is 0.253 e. The van der Waals surface area contributed by atoms with Crippen LogP contribution in [0.5, 0.6) is 11.5 Å². The summed E-state index contributed by atoms with van der Waals surface area (Å²) >= 11 is 0. The number of hydrogen-bond acceptors (Lipinski definition) is 6. The topological polar surface area (TPSA) is 66.1 Å². The van der Waals surface area contributed by atoms with E-state index in [1.807, 2.05) is 17.0 Å². The van der Waals surface area contributed by atoms with Gasteiger partial charge in [-0.1, -0.05) is 20.8 Å². The molecule has 0 bridgehead atoms. The molecule has 1 atom stereocenters. The molecule has 0 aromatic heterocycles. The number of nitrogens with one attached hydrogen (secondary N) is 2. The van der Waals surface area contributed by atoms with Gasteiger partial charge in [0.05, 0.1) is 5.69 Å². The number of nitrogens with zero attached hydrogens (tertiary/aromatic N) is 2. The summed E-state index contributed by atoms with van der Waals surface area (Å²) < 4.78 is 27.4. The Kier molecular flexibility index (Phi) is 12.9. The largest absolute Gasteiger partial charge is 0.490 e. The van der Waals surface area contributed by atoms with Gasteiger partial charge in [0.25, 0.3) is 5.91 Å². The quantitative estimate of drug-likeness (QED) is 0.335. The highest BCUT2D eigenvalue weighted by molar-refractivity contribution is 5.94. The smallest absolute Gasteiger partial charge is 0.253 e. The van der Waals surface area contributed by atoms with Crippen molar-refractivity contribution in [1.82, 2.24) is 15.5 Å². The zero-order valence-corrected chi connectivity index (χ0v) is 29.3. The molecule has 4 fully saturated rings. The first kappa shape index (κ1) is 36.6. The lowest BCUT2D eigenvalue weighted by atomic mass is 9.68. The number of carbonyl (C=O) groups is 1. The van der Waals surface area contributed by atoms with E-state index in [-0.39, 0.29) is 48.7 Å². The van der Waals surface area contributed by atoms with Crippen LogP contribution in [0, 0.1) is 17.2 Å². The number of hydrogen-bond donors (Lipinski definition) is 2. The fraction of sp³-hybridized carbons (Fsp3) is 0.639. The molecule has 0 spiro atoms. The summed E-state index contributed by atoms with van der Waals surface area (Å²) in [5.74, 6) is 2.69. The molecule has 1 saturated carbocycles. The van der Waals surface area contributed by atoms with Crippen molar-refractivity contribution >= 4 is 36.4 Å². The summed E-state index contributed by atoms with van der Waals surface area (Å²) in [6, 6.07) is 11.2. The molecule has 3 aliphatic heterocycles. The van der Waals surface area contributed by atoms with Crippen LogP contribution in [0.4, 0.5) is 10.1 Å². The van der Waals surface area contributed by atoms with Gasteiger partial charge in [0.1, 0.15) is 29.5 Å². The Morgan fingerprint density at radius 3 is 2.17 bits per heavy atom. The standard InChI is InChI=1S/C36H51FN4O3.2ClH/c1-36(2,3)27-7-4-25(5-8-27)31-22-26(6-11-34(31)44-30-12-15-39-24-30)35(42)41-18-13-28(14-19-41)43-29-9-10-32(37)33(23-29)40-20-16-38-17-21-40;;/h6,9-11,22-23,25,27-28,30,38-39H,4-5,7-8,12-21,24H2,1-3H3;2*1H/t25-,27-,30-;;/m0../s1. The number of halogens is 3. The van der Waals surface area contributed by atoms with Crippen molar-refractivity contribution in [3.8, 4) is 11.5 Å². The summed E-state index contributed by atoms with van der Waals surface area (Å²) in [7, 11) is 0. The first-order valence-corrected chi connectivity index (χ1v) is 17.0. The SMILES string of the molecule is CC(C)(C)[C@H]1CC[C@H](c2cc(C(=O)N3CCC(Oc4ccc(F)c(N5CCNCC5)c4)CC3)ccc2O[C@H]2CCNC2)CC1.Cl.Cl. The van der Waals surface area contributed by atoms with Crippen molar-refractivity contribution < 1.29 is 18.7 Å². The Bertz CT molecular complexity index is 1280. The van der Waals surface area contributed by atoms with Crippen molar-refractivity contribution in [3.63, 3.8) is 0 Å². The van der Waals surface area contributed by atoms with E-state index in [2.05, 4.69) is 48.4 Å². The third kappa shape index (κ3) is 8.80. The van der Waals surface area contributed by atoms with Crippen LogP contribution in [-0.4, -0.2) is 75.4 Å². The molecule has 7 nitrogen and oxygen atoms in total. The van der Waals surface area contributed by atoms with Gasteiger partial charge in [-0.3, -0.25) is 4.79 Å². The zero-order chi connectivity index (χ0) is 30.7. The molecule has 3 saturated heterocycles. The Hall–Kier alpha value is -2.26. The molecule has 46 heavy (non-hydrogen) atoms. The maximum absolute atomic E-state index is 14.6. The monoisotopic (exact) mass is 678 g/mol. The highest BCUT2D eigenvalue weighted by Crippen LogP contribution is 2.45. The molecule has 2 N–H and O–H groups in total. The lowest BCUT2D eigenvalue weighted by Gasteiger charge is -2.37. The number of anilines is 1. The van der Waals surface area contributed by atoms with Gasteiger partial charge in [-0.25, -0.2) is 4.39 Å². The van der Waals surface area contributed by atoms with Crippen LogP contribution in [0.25, 0.3) is 0 Å². The zero-order valence-electron chi connectivity index (χ0n) is 27.7. The van der Waals surface area contributed by atoms with E-state index >= 15 is 0 Å². The van der Waals surface area contributed by atoms with Crippen LogP contribution in [0.3, 0.4) is 0 Å². The summed E-state index contributed by atoms with van der Waals surface area (Å²) in [4.78, 5) is 17.8. The van der Waals surface area contributed by atoms with Crippen LogP contribution < -0.4 is 25.0 Å². The average Bonchev–Trinajstić information content (AvgIpc) is 3.55. The van der Waals surface area contributed by atoms with E-state index in [4.69, 9.17) is 9.47 Å². The molecule has 4 aliphatic rings. The third-order valence-corrected chi connectivity index (χ3v) is 10.4.